The van der Waals surface area contributed by atoms with Gasteiger partial charge in [-0.15, -0.1) is 0 Å². The summed E-state index contributed by atoms with van der Waals surface area (Å²) in [5, 5.41) is 3.28. The number of anilines is 3. The maximum Gasteiger partial charge on any atom is 0.223 e. The predicted molar refractivity (Wildman–Crippen MR) is 59.2 cm³/mol. The van der Waals surface area contributed by atoms with Crippen molar-refractivity contribution >= 4 is 29.1 Å². The van der Waals surface area contributed by atoms with Gasteiger partial charge in [-0.3, -0.25) is 0 Å². The molecule has 0 fully saturated rings. The summed E-state index contributed by atoms with van der Waals surface area (Å²) in [6, 6.07) is 0.266. The Morgan fingerprint density at radius 1 is 1.43 bits per heavy atom. The van der Waals surface area contributed by atoms with Gasteiger partial charge in [0.15, 0.2) is 11.0 Å². The van der Waals surface area contributed by atoms with Crippen LogP contribution < -0.4 is 16.8 Å². The van der Waals surface area contributed by atoms with Gasteiger partial charge >= 0.3 is 0 Å². The molecule has 0 aromatic carbocycles. The Labute approximate surface area is 87.9 Å². The highest BCUT2D eigenvalue weighted by Gasteiger charge is 2.09. The van der Waals surface area contributed by atoms with E-state index in [2.05, 4.69) is 22.2 Å². The van der Waals surface area contributed by atoms with Crippen molar-refractivity contribution in [1.29, 1.82) is 0 Å². The minimum atomic E-state index is 0.120. The zero-order chi connectivity index (χ0) is 10.7. The summed E-state index contributed by atoms with van der Waals surface area (Å²) < 4.78 is 0. The lowest BCUT2D eigenvalue weighted by Crippen LogP contribution is -2.17. The largest absolute Gasteiger partial charge is 0.393 e. The van der Waals surface area contributed by atoms with Gasteiger partial charge in [0.05, 0.1) is 0 Å². The van der Waals surface area contributed by atoms with Crippen molar-refractivity contribution < 1.29 is 0 Å². The number of halogens is 1. The third kappa shape index (κ3) is 2.38. The lowest BCUT2D eigenvalue weighted by molar-refractivity contribution is 0.759. The third-order valence-corrected chi connectivity index (χ3v) is 2.20. The molecular weight excluding hydrogens is 202 g/mol. The number of nitrogens with one attached hydrogen (secondary N) is 1. The van der Waals surface area contributed by atoms with E-state index in [1.807, 2.05) is 6.92 Å². The summed E-state index contributed by atoms with van der Waals surface area (Å²) in [6.45, 7) is 4.08. The molecule has 1 heterocycles. The van der Waals surface area contributed by atoms with E-state index in [0.717, 1.165) is 6.42 Å². The van der Waals surface area contributed by atoms with Gasteiger partial charge in [-0.1, -0.05) is 18.5 Å². The molecule has 0 bridgehead atoms. The minimum Gasteiger partial charge on any atom is -0.393 e. The second kappa shape index (κ2) is 4.32. The summed E-state index contributed by atoms with van der Waals surface area (Å²) >= 11 is 5.75. The molecule has 0 amide bonds. The standard InChI is InChI=1S/C8H14ClN5/c1-3-4(2)12-7-5(10)6(9)13-8(11)14-7/h4H,3,10H2,1-2H3,(H3,11,12,13,14). The second-order valence-electron chi connectivity index (χ2n) is 3.09. The zero-order valence-electron chi connectivity index (χ0n) is 8.21. The first kappa shape index (κ1) is 10.8. The molecule has 0 spiro atoms. The van der Waals surface area contributed by atoms with Crippen molar-refractivity contribution in [3.05, 3.63) is 5.15 Å². The van der Waals surface area contributed by atoms with E-state index in [1.165, 1.54) is 0 Å². The van der Waals surface area contributed by atoms with E-state index in [0.29, 0.717) is 11.5 Å². The molecule has 0 aliphatic carbocycles. The summed E-state index contributed by atoms with van der Waals surface area (Å²) in [5.74, 6) is 0.617. The quantitative estimate of drug-likeness (QED) is 0.665. The van der Waals surface area contributed by atoms with Crippen LogP contribution in [0.15, 0.2) is 0 Å². The maximum absolute atomic E-state index is 5.75. The first-order valence-corrected chi connectivity index (χ1v) is 4.77. The van der Waals surface area contributed by atoms with Crippen molar-refractivity contribution in [3.63, 3.8) is 0 Å². The molecular formula is C8H14ClN5. The van der Waals surface area contributed by atoms with Crippen LogP contribution in [0.4, 0.5) is 17.5 Å². The zero-order valence-corrected chi connectivity index (χ0v) is 8.97. The Kier molecular flexibility index (Phi) is 3.35. The van der Waals surface area contributed by atoms with Gasteiger partial charge in [0.2, 0.25) is 5.95 Å². The fourth-order valence-corrected chi connectivity index (χ4v) is 1.08. The van der Waals surface area contributed by atoms with E-state index in [1.54, 1.807) is 0 Å². The first-order chi connectivity index (χ1) is 6.54. The molecule has 1 unspecified atom stereocenters. The number of nitrogens with two attached hydrogens (primary N) is 2. The van der Waals surface area contributed by atoms with E-state index in [-0.39, 0.29) is 17.1 Å². The molecule has 78 valence electrons. The molecule has 1 rings (SSSR count). The number of nitrogens with zero attached hydrogens (tertiary/aromatic N) is 2. The topological polar surface area (TPSA) is 89.8 Å². The molecule has 14 heavy (non-hydrogen) atoms. The molecule has 6 heteroatoms. The lowest BCUT2D eigenvalue weighted by Gasteiger charge is -2.14. The van der Waals surface area contributed by atoms with Crippen molar-refractivity contribution in [1.82, 2.24) is 9.97 Å². The van der Waals surface area contributed by atoms with Gasteiger partial charge in [0, 0.05) is 6.04 Å². The maximum atomic E-state index is 5.75. The number of hydrogen-bond acceptors (Lipinski definition) is 5. The van der Waals surface area contributed by atoms with Crippen molar-refractivity contribution in [3.8, 4) is 0 Å². The van der Waals surface area contributed by atoms with Crippen LogP contribution in [0, 0.1) is 0 Å². The van der Waals surface area contributed by atoms with E-state index < -0.39 is 0 Å². The van der Waals surface area contributed by atoms with Crippen LogP contribution in [0.25, 0.3) is 0 Å². The highest BCUT2D eigenvalue weighted by atomic mass is 35.5. The van der Waals surface area contributed by atoms with E-state index in [9.17, 15) is 0 Å². The Bertz CT molecular complexity index is 328. The van der Waals surface area contributed by atoms with Crippen molar-refractivity contribution in [2.24, 2.45) is 0 Å². The monoisotopic (exact) mass is 215 g/mol. The summed E-state index contributed by atoms with van der Waals surface area (Å²) in [7, 11) is 0. The predicted octanol–water partition coefficient (Wildman–Crippen LogP) is 1.50. The summed E-state index contributed by atoms with van der Waals surface area (Å²) in [4.78, 5) is 7.70. The highest BCUT2D eigenvalue weighted by molar-refractivity contribution is 6.32. The van der Waals surface area contributed by atoms with Gasteiger partial charge in [0.1, 0.15) is 5.69 Å². The molecule has 1 atom stereocenters. The van der Waals surface area contributed by atoms with Gasteiger partial charge < -0.3 is 16.8 Å². The van der Waals surface area contributed by atoms with Crippen LogP contribution in [-0.2, 0) is 0 Å². The van der Waals surface area contributed by atoms with Crippen molar-refractivity contribution in [2.75, 3.05) is 16.8 Å². The van der Waals surface area contributed by atoms with Gasteiger partial charge in [-0.05, 0) is 13.3 Å². The lowest BCUT2D eigenvalue weighted by atomic mass is 10.2. The van der Waals surface area contributed by atoms with E-state index >= 15 is 0 Å². The normalized spacial score (nSPS) is 12.5. The Morgan fingerprint density at radius 3 is 2.64 bits per heavy atom. The molecule has 5 N–H and O–H groups in total. The Balaban J connectivity index is 2.96. The van der Waals surface area contributed by atoms with Gasteiger partial charge in [-0.25, -0.2) is 0 Å². The van der Waals surface area contributed by atoms with Gasteiger partial charge in [-0.2, -0.15) is 9.97 Å². The Hall–Kier alpha value is -1.23. The highest BCUT2D eigenvalue weighted by Crippen LogP contribution is 2.24. The molecule has 0 saturated heterocycles. The van der Waals surface area contributed by atoms with Crippen LogP contribution in [-0.4, -0.2) is 16.0 Å². The molecule has 0 saturated carbocycles. The summed E-state index contributed by atoms with van der Waals surface area (Å²) in [5.41, 5.74) is 11.5. The van der Waals surface area contributed by atoms with E-state index in [4.69, 9.17) is 23.1 Å². The van der Waals surface area contributed by atoms with Crippen LogP contribution in [0.1, 0.15) is 20.3 Å². The minimum absolute atomic E-state index is 0.120. The Morgan fingerprint density at radius 2 is 2.07 bits per heavy atom. The average molecular weight is 216 g/mol. The number of hydrogen-bond donors (Lipinski definition) is 3. The molecule has 5 nitrogen and oxygen atoms in total. The van der Waals surface area contributed by atoms with Crippen LogP contribution >= 0.6 is 11.6 Å². The molecule has 0 radical (unpaired) electrons. The average Bonchev–Trinajstić information content (AvgIpc) is 2.13. The second-order valence-corrected chi connectivity index (χ2v) is 3.45. The molecule has 0 aliphatic rings. The van der Waals surface area contributed by atoms with Crippen molar-refractivity contribution in [2.45, 2.75) is 26.3 Å². The van der Waals surface area contributed by atoms with Crippen LogP contribution in [0.3, 0.4) is 0 Å². The van der Waals surface area contributed by atoms with Crippen LogP contribution in [0.2, 0.25) is 5.15 Å². The summed E-state index contributed by atoms with van der Waals surface area (Å²) in [6.07, 6.45) is 0.959. The molecule has 1 aromatic rings. The number of rotatable bonds is 3. The smallest absolute Gasteiger partial charge is 0.223 e. The number of aromatic nitrogens is 2. The third-order valence-electron chi connectivity index (χ3n) is 1.91. The SMILES string of the molecule is CCC(C)Nc1nc(N)nc(Cl)c1N. The molecule has 0 aliphatic heterocycles. The molecule has 1 aromatic heterocycles. The fraction of sp³-hybridized carbons (Fsp3) is 0.500. The van der Waals surface area contributed by atoms with Gasteiger partial charge in [0.25, 0.3) is 0 Å². The first-order valence-electron chi connectivity index (χ1n) is 4.39. The fourth-order valence-electron chi connectivity index (χ4n) is 0.904. The van der Waals surface area contributed by atoms with Crippen LogP contribution in [0.5, 0.6) is 0 Å². The number of nitrogen functional groups attached to an aromatic ring is 2.